The van der Waals surface area contributed by atoms with Gasteiger partial charge in [0.05, 0.1) is 3.79 Å². The molecule has 0 bridgehead atoms. The Kier molecular flexibility index (Phi) is 9.55. The molecule has 0 aliphatic carbocycles. The Morgan fingerprint density at radius 3 is 2.09 bits per heavy atom. The maximum Gasteiger partial charge on any atom is 0.0705 e. The van der Waals surface area contributed by atoms with Crippen molar-refractivity contribution in [1.82, 2.24) is 0 Å². The number of thiophene rings is 2. The minimum Gasteiger partial charge on any atom is -0.143 e. The van der Waals surface area contributed by atoms with Gasteiger partial charge in [0.15, 0.2) is 0 Å². The summed E-state index contributed by atoms with van der Waals surface area (Å²) in [5, 5.41) is 2.24. The van der Waals surface area contributed by atoms with Gasteiger partial charge in [-0.3, -0.25) is 0 Å². The van der Waals surface area contributed by atoms with Crippen molar-refractivity contribution in [1.29, 1.82) is 0 Å². The highest BCUT2D eigenvalue weighted by Crippen LogP contribution is 2.37. The second kappa shape index (κ2) is 11.4. The van der Waals surface area contributed by atoms with Crippen molar-refractivity contribution in [2.45, 2.75) is 77.6 Å². The first-order valence-corrected chi connectivity index (χ1v) is 11.6. The van der Waals surface area contributed by atoms with Gasteiger partial charge in [-0.25, -0.2) is 0 Å². The topological polar surface area (TPSA) is 0 Å². The molecular weight excluding hydrogens is 384 g/mol. The predicted molar refractivity (Wildman–Crippen MR) is 111 cm³/mol. The number of hydrogen-bond acceptors (Lipinski definition) is 2. The van der Waals surface area contributed by atoms with Gasteiger partial charge < -0.3 is 0 Å². The monoisotopic (exact) mass is 412 g/mol. The van der Waals surface area contributed by atoms with E-state index in [4.69, 9.17) is 0 Å². The minimum atomic E-state index is 1.23. The molecule has 0 fully saturated rings. The third-order valence-electron chi connectivity index (χ3n) is 4.34. The zero-order valence-corrected chi connectivity index (χ0v) is 17.5. The third kappa shape index (κ3) is 7.11. The van der Waals surface area contributed by atoms with Gasteiger partial charge in [-0.15, -0.1) is 22.7 Å². The van der Waals surface area contributed by atoms with Crippen LogP contribution < -0.4 is 0 Å². The molecule has 2 aromatic heterocycles. The molecule has 0 aliphatic heterocycles. The van der Waals surface area contributed by atoms with E-state index in [9.17, 15) is 0 Å². The van der Waals surface area contributed by atoms with Gasteiger partial charge in [0.2, 0.25) is 0 Å². The van der Waals surface area contributed by atoms with E-state index < -0.39 is 0 Å². The largest absolute Gasteiger partial charge is 0.143 e. The number of halogens is 1. The first-order valence-electron chi connectivity index (χ1n) is 9.13. The van der Waals surface area contributed by atoms with Gasteiger partial charge in [-0.1, -0.05) is 64.7 Å². The summed E-state index contributed by atoms with van der Waals surface area (Å²) in [4.78, 5) is 2.89. The third-order valence-corrected chi connectivity index (χ3v) is 7.10. The highest BCUT2D eigenvalue weighted by atomic mass is 79.9. The molecule has 0 aromatic carbocycles. The maximum atomic E-state index is 3.57. The molecule has 0 saturated heterocycles. The minimum absolute atomic E-state index is 1.23. The molecule has 0 radical (unpaired) electrons. The molecule has 23 heavy (non-hydrogen) atoms. The van der Waals surface area contributed by atoms with Gasteiger partial charge in [-0.05, 0) is 57.9 Å². The summed E-state index contributed by atoms with van der Waals surface area (Å²) in [6, 6.07) is 6.72. The normalized spacial score (nSPS) is 11.2. The summed E-state index contributed by atoms with van der Waals surface area (Å²) in [6.07, 6.45) is 15.4. The molecule has 0 N–H and O–H groups in total. The Labute approximate surface area is 158 Å². The number of unbranched alkanes of at least 4 members (excludes halogenated alkanes) is 9. The molecule has 0 unspecified atom stereocenters. The molecule has 2 heterocycles. The second-order valence-electron chi connectivity index (χ2n) is 6.31. The van der Waals surface area contributed by atoms with Crippen LogP contribution in [0.3, 0.4) is 0 Å². The van der Waals surface area contributed by atoms with E-state index >= 15 is 0 Å². The van der Waals surface area contributed by atoms with Crippen molar-refractivity contribution in [3.05, 3.63) is 32.9 Å². The van der Waals surface area contributed by atoms with Gasteiger partial charge in [0, 0.05) is 9.75 Å². The van der Waals surface area contributed by atoms with Crippen LogP contribution in [0, 0.1) is 0 Å². The fourth-order valence-electron chi connectivity index (χ4n) is 2.99. The van der Waals surface area contributed by atoms with Gasteiger partial charge in [0.25, 0.3) is 0 Å². The quantitative estimate of drug-likeness (QED) is 0.305. The molecule has 0 atom stereocenters. The summed E-state index contributed by atoms with van der Waals surface area (Å²) in [7, 11) is 0. The van der Waals surface area contributed by atoms with Crippen LogP contribution in [0.15, 0.2) is 27.4 Å². The van der Waals surface area contributed by atoms with Crippen molar-refractivity contribution in [2.24, 2.45) is 0 Å². The molecule has 0 amide bonds. The van der Waals surface area contributed by atoms with Crippen LogP contribution in [0.5, 0.6) is 0 Å². The van der Waals surface area contributed by atoms with Gasteiger partial charge >= 0.3 is 0 Å². The summed E-state index contributed by atoms with van der Waals surface area (Å²) >= 11 is 7.30. The number of hydrogen-bond donors (Lipinski definition) is 0. The van der Waals surface area contributed by atoms with E-state index in [0.717, 1.165) is 0 Å². The molecule has 2 rings (SSSR count). The van der Waals surface area contributed by atoms with Crippen LogP contribution in [0.25, 0.3) is 9.75 Å². The summed E-state index contributed by atoms with van der Waals surface area (Å²) < 4.78 is 1.23. The molecule has 3 heteroatoms. The van der Waals surface area contributed by atoms with E-state index in [0.29, 0.717) is 0 Å². The predicted octanol–water partition coefficient (Wildman–Crippen LogP) is 8.70. The molecular formula is C20H29BrS2. The average Bonchev–Trinajstić information content (AvgIpc) is 3.17. The van der Waals surface area contributed by atoms with Crippen LogP contribution in [-0.2, 0) is 6.42 Å². The van der Waals surface area contributed by atoms with E-state index in [1.54, 1.807) is 5.56 Å². The van der Waals surface area contributed by atoms with Crippen molar-refractivity contribution in [3.8, 4) is 9.75 Å². The zero-order chi connectivity index (χ0) is 16.3. The summed E-state index contributed by atoms with van der Waals surface area (Å²) in [5.74, 6) is 0. The van der Waals surface area contributed by atoms with Crippen molar-refractivity contribution in [3.63, 3.8) is 0 Å². The van der Waals surface area contributed by atoms with Crippen LogP contribution in [0.4, 0.5) is 0 Å². The SMILES string of the molecule is CCCCCCCCCCCCc1ccsc1-c1ccc(Br)s1. The molecule has 2 aromatic rings. The van der Waals surface area contributed by atoms with Gasteiger partial charge in [-0.2, -0.15) is 0 Å². The standard InChI is InChI=1S/C20H29BrS2/c1-2-3-4-5-6-7-8-9-10-11-12-17-15-16-22-20(17)18-13-14-19(21)23-18/h13-16H,2-12H2,1H3. The van der Waals surface area contributed by atoms with E-state index in [1.165, 1.54) is 84.2 Å². The highest BCUT2D eigenvalue weighted by molar-refractivity contribution is 9.11. The number of aryl methyl sites for hydroxylation is 1. The maximum absolute atomic E-state index is 3.57. The first-order chi connectivity index (χ1) is 11.3. The fourth-order valence-corrected chi connectivity index (χ4v) is 5.49. The van der Waals surface area contributed by atoms with Crippen molar-refractivity contribution >= 4 is 38.6 Å². The Balaban J connectivity index is 1.58. The van der Waals surface area contributed by atoms with Crippen LogP contribution in [-0.4, -0.2) is 0 Å². The number of rotatable bonds is 12. The van der Waals surface area contributed by atoms with Crippen LogP contribution in [0.2, 0.25) is 0 Å². The first kappa shape index (κ1) is 19.2. The smallest absolute Gasteiger partial charge is 0.0705 e. The highest BCUT2D eigenvalue weighted by Gasteiger charge is 2.08. The Morgan fingerprint density at radius 1 is 0.826 bits per heavy atom. The van der Waals surface area contributed by atoms with Crippen LogP contribution >= 0.6 is 38.6 Å². The lowest BCUT2D eigenvalue weighted by Gasteiger charge is -2.04. The fraction of sp³-hybridized carbons (Fsp3) is 0.600. The van der Waals surface area contributed by atoms with Crippen molar-refractivity contribution < 1.29 is 0 Å². The van der Waals surface area contributed by atoms with E-state index in [2.05, 4.69) is 46.4 Å². The Bertz CT molecular complexity index is 541. The van der Waals surface area contributed by atoms with E-state index in [1.807, 2.05) is 22.7 Å². The summed E-state index contributed by atoms with van der Waals surface area (Å²) in [6.45, 7) is 2.29. The summed E-state index contributed by atoms with van der Waals surface area (Å²) in [5.41, 5.74) is 1.55. The lowest BCUT2D eigenvalue weighted by atomic mass is 10.0. The Morgan fingerprint density at radius 2 is 1.48 bits per heavy atom. The molecule has 0 aliphatic rings. The molecule has 128 valence electrons. The molecule has 0 nitrogen and oxygen atoms in total. The van der Waals surface area contributed by atoms with Crippen molar-refractivity contribution in [2.75, 3.05) is 0 Å². The Hall–Kier alpha value is -0.120. The average molecular weight is 413 g/mol. The van der Waals surface area contributed by atoms with Crippen LogP contribution in [0.1, 0.15) is 76.7 Å². The van der Waals surface area contributed by atoms with Gasteiger partial charge in [0.1, 0.15) is 0 Å². The lowest BCUT2D eigenvalue weighted by molar-refractivity contribution is 0.556. The lowest BCUT2D eigenvalue weighted by Crippen LogP contribution is -1.86. The molecule has 0 saturated carbocycles. The van der Waals surface area contributed by atoms with E-state index in [-0.39, 0.29) is 0 Å². The second-order valence-corrected chi connectivity index (χ2v) is 9.69. The zero-order valence-electron chi connectivity index (χ0n) is 14.3. The molecule has 0 spiro atoms.